The van der Waals surface area contributed by atoms with E-state index in [4.69, 9.17) is 4.74 Å². The van der Waals surface area contributed by atoms with Crippen molar-refractivity contribution in [3.8, 4) is 5.75 Å². The summed E-state index contributed by atoms with van der Waals surface area (Å²) in [5.74, 6) is 0.342. The first kappa shape index (κ1) is 24.8. The molecule has 1 atom stereocenters. The zero-order valence-corrected chi connectivity index (χ0v) is 20.8. The highest BCUT2D eigenvalue weighted by molar-refractivity contribution is 7.92. The molecule has 1 unspecified atom stereocenters. The van der Waals surface area contributed by atoms with Crippen molar-refractivity contribution in [3.05, 3.63) is 89.5 Å². The number of amides is 1. The van der Waals surface area contributed by atoms with Crippen molar-refractivity contribution in [1.29, 1.82) is 0 Å². The van der Waals surface area contributed by atoms with E-state index in [1.807, 2.05) is 18.2 Å². The number of sulfonamides is 1. The largest absolute Gasteiger partial charge is 0.497 e. The number of benzene rings is 3. The second-order valence-corrected chi connectivity index (χ2v) is 10.4. The topological polar surface area (TPSA) is 87.7 Å². The number of carbonyl (C=O) groups is 1. The summed E-state index contributed by atoms with van der Waals surface area (Å²) in [6, 6.07) is 21.4. The van der Waals surface area contributed by atoms with E-state index in [1.54, 1.807) is 44.4 Å². The third-order valence-electron chi connectivity index (χ3n) is 6.33. The number of nitrogens with zero attached hydrogens (tertiary/aromatic N) is 1. The van der Waals surface area contributed by atoms with E-state index in [2.05, 4.69) is 27.1 Å². The number of likely N-dealkylation sites (tertiary alicyclic amines) is 1. The predicted molar refractivity (Wildman–Crippen MR) is 137 cm³/mol. The summed E-state index contributed by atoms with van der Waals surface area (Å²) in [6.07, 6.45) is 2.30. The lowest BCUT2D eigenvalue weighted by molar-refractivity contribution is 0.0937. The second-order valence-electron chi connectivity index (χ2n) is 8.69. The lowest BCUT2D eigenvalue weighted by Crippen LogP contribution is -2.37. The predicted octanol–water partition coefficient (Wildman–Crippen LogP) is 4.37. The van der Waals surface area contributed by atoms with Crippen LogP contribution in [0.25, 0.3) is 0 Å². The van der Waals surface area contributed by atoms with Crippen molar-refractivity contribution < 1.29 is 17.9 Å². The molecule has 1 fully saturated rings. The van der Waals surface area contributed by atoms with Crippen LogP contribution in [0.5, 0.6) is 5.75 Å². The Hall–Kier alpha value is -3.36. The van der Waals surface area contributed by atoms with Gasteiger partial charge >= 0.3 is 0 Å². The highest BCUT2D eigenvalue weighted by Gasteiger charge is 2.25. The fourth-order valence-electron chi connectivity index (χ4n) is 4.36. The van der Waals surface area contributed by atoms with Crippen LogP contribution in [-0.2, 0) is 10.0 Å². The van der Waals surface area contributed by atoms with Gasteiger partial charge in [-0.3, -0.25) is 14.4 Å². The Morgan fingerprint density at radius 3 is 2.34 bits per heavy atom. The molecular weight excluding hydrogens is 462 g/mol. The molecule has 0 aliphatic carbocycles. The van der Waals surface area contributed by atoms with Crippen LogP contribution in [-0.4, -0.2) is 46.0 Å². The van der Waals surface area contributed by atoms with Gasteiger partial charge in [-0.1, -0.05) is 36.4 Å². The monoisotopic (exact) mass is 493 g/mol. The number of nitrogens with one attached hydrogen (secondary N) is 2. The Balaban J connectivity index is 1.50. The summed E-state index contributed by atoms with van der Waals surface area (Å²) < 4.78 is 33.6. The molecule has 1 aliphatic rings. The molecular formula is C27H31N3O4S. The van der Waals surface area contributed by atoms with Gasteiger partial charge in [0.25, 0.3) is 15.9 Å². The maximum atomic E-state index is 13.2. The van der Waals surface area contributed by atoms with Crippen molar-refractivity contribution >= 4 is 21.6 Å². The van der Waals surface area contributed by atoms with Gasteiger partial charge in [0.1, 0.15) is 5.75 Å². The Morgan fingerprint density at radius 1 is 1.00 bits per heavy atom. The number of hydrogen-bond acceptors (Lipinski definition) is 5. The van der Waals surface area contributed by atoms with Crippen molar-refractivity contribution in [1.82, 2.24) is 10.2 Å². The number of aryl methyl sites for hydroxylation is 1. The lowest BCUT2D eigenvalue weighted by Gasteiger charge is -2.28. The SMILES string of the molecule is COc1ccc(NS(=O)(=O)c2ccc(C)c(C(=O)NCC(c3ccccc3)N3CCCC3)c2)cc1. The maximum Gasteiger partial charge on any atom is 0.261 e. The van der Waals surface area contributed by atoms with Crippen LogP contribution < -0.4 is 14.8 Å². The van der Waals surface area contributed by atoms with E-state index in [0.29, 0.717) is 29.1 Å². The molecule has 0 spiro atoms. The average Bonchev–Trinajstić information content (AvgIpc) is 3.40. The van der Waals surface area contributed by atoms with Gasteiger partial charge in [0.2, 0.25) is 0 Å². The van der Waals surface area contributed by atoms with Crippen molar-refractivity contribution in [2.45, 2.75) is 30.7 Å². The first-order chi connectivity index (χ1) is 16.9. The lowest BCUT2D eigenvalue weighted by atomic mass is 10.0. The normalized spacial score (nSPS) is 14.9. The van der Waals surface area contributed by atoms with Crippen LogP contribution in [0.2, 0.25) is 0 Å². The molecule has 0 bridgehead atoms. The fourth-order valence-corrected chi connectivity index (χ4v) is 5.44. The maximum absolute atomic E-state index is 13.2. The van der Waals surface area contributed by atoms with Gasteiger partial charge in [0.05, 0.1) is 18.0 Å². The third kappa shape index (κ3) is 6.01. The first-order valence-corrected chi connectivity index (χ1v) is 13.2. The highest BCUT2D eigenvalue weighted by Crippen LogP contribution is 2.25. The molecule has 0 saturated carbocycles. The van der Waals surface area contributed by atoms with E-state index in [0.717, 1.165) is 31.5 Å². The molecule has 7 nitrogen and oxygen atoms in total. The van der Waals surface area contributed by atoms with Gasteiger partial charge in [-0.15, -0.1) is 0 Å². The number of anilines is 1. The molecule has 1 heterocycles. The third-order valence-corrected chi connectivity index (χ3v) is 7.71. The van der Waals surface area contributed by atoms with Crippen LogP contribution in [0.15, 0.2) is 77.7 Å². The number of rotatable bonds is 9. The molecule has 4 rings (SSSR count). The van der Waals surface area contributed by atoms with E-state index in [1.165, 1.54) is 12.1 Å². The van der Waals surface area contributed by atoms with Gasteiger partial charge in [0.15, 0.2) is 0 Å². The minimum Gasteiger partial charge on any atom is -0.497 e. The van der Waals surface area contributed by atoms with Gasteiger partial charge in [0, 0.05) is 17.8 Å². The standard InChI is InChI=1S/C27H31N3O4S/c1-20-10-15-24(35(32,33)29-22-11-13-23(34-2)14-12-22)18-25(20)27(31)28-19-26(30-16-6-7-17-30)21-8-4-3-5-9-21/h3-5,8-15,18,26,29H,6-7,16-17,19H2,1-2H3,(H,28,31). The molecule has 0 aromatic heterocycles. The van der Waals surface area contributed by atoms with Gasteiger partial charge in [-0.05, 0) is 80.4 Å². The van der Waals surface area contributed by atoms with Crippen molar-refractivity contribution in [2.24, 2.45) is 0 Å². The smallest absolute Gasteiger partial charge is 0.261 e. The summed E-state index contributed by atoms with van der Waals surface area (Å²) in [7, 11) is -2.33. The van der Waals surface area contributed by atoms with Crippen LogP contribution in [0, 0.1) is 6.92 Å². The van der Waals surface area contributed by atoms with Crippen molar-refractivity contribution in [2.75, 3.05) is 31.5 Å². The molecule has 3 aromatic carbocycles. The molecule has 1 saturated heterocycles. The minimum absolute atomic E-state index is 0.0308. The summed E-state index contributed by atoms with van der Waals surface area (Å²) in [4.78, 5) is 15.6. The summed E-state index contributed by atoms with van der Waals surface area (Å²) in [5.41, 5.74) is 2.62. The molecule has 184 valence electrons. The van der Waals surface area contributed by atoms with Crippen LogP contribution in [0.1, 0.15) is 40.4 Å². The van der Waals surface area contributed by atoms with E-state index < -0.39 is 10.0 Å². The quantitative estimate of drug-likeness (QED) is 0.462. The van der Waals surface area contributed by atoms with E-state index in [9.17, 15) is 13.2 Å². The van der Waals surface area contributed by atoms with Gasteiger partial charge in [-0.2, -0.15) is 0 Å². The minimum atomic E-state index is -3.87. The molecule has 2 N–H and O–H groups in total. The highest BCUT2D eigenvalue weighted by atomic mass is 32.2. The number of hydrogen-bond donors (Lipinski definition) is 2. The number of carbonyl (C=O) groups excluding carboxylic acids is 1. The first-order valence-electron chi connectivity index (χ1n) is 11.7. The van der Waals surface area contributed by atoms with Crippen LogP contribution in [0.3, 0.4) is 0 Å². The zero-order valence-electron chi connectivity index (χ0n) is 20.0. The molecule has 1 amide bonds. The Labute approximate surface area is 207 Å². The van der Waals surface area contributed by atoms with E-state index >= 15 is 0 Å². The van der Waals surface area contributed by atoms with Crippen LogP contribution >= 0.6 is 0 Å². The number of ether oxygens (including phenoxy) is 1. The molecule has 3 aromatic rings. The summed E-state index contributed by atoms with van der Waals surface area (Å²) in [6.45, 7) is 4.25. The molecule has 8 heteroatoms. The second kappa shape index (κ2) is 10.9. The number of methoxy groups -OCH3 is 1. The summed E-state index contributed by atoms with van der Waals surface area (Å²) >= 11 is 0. The average molecular weight is 494 g/mol. The molecule has 0 radical (unpaired) electrons. The Kier molecular flexibility index (Phi) is 7.73. The Morgan fingerprint density at radius 2 is 1.69 bits per heavy atom. The van der Waals surface area contributed by atoms with Crippen molar-refractivity contribution in [3.63, 3.8) is 0 Å². The van der Waals surface area contributed by atoms with Crippen LogP contribution in [0.4, 0.5) is 5.69 Å². The molecule has 1 aliphatic heterocycles. The van der Waals surface area contributed by atoms with E-state index in [-0.39, 0.29) is 16.8 Å². The fraction of sp³-hybridized carbons (Fsp3) is 0.296. The van der Waals surface area contributed by atoms with Gasteiger partial charge in [-0.25, -0.2) is 8.42 Å². The Bertz CT molecular complexity index is 1260. The zero-order chi connectivity index (χ0) is 24.8. The molecule has 35 heavy (non-hydrogen) atoms. The van der Waals surface area contributed by atoms with Gasteiger partial charge < -0.3 is 10.1 Å². The summed E-state index contributed by atoms with van der Waals surface area (Å²) in [5, 5.41) is 3.05.